The van der Waals surface area contributed by atoms with Crippen LogP contribution < -0.4 is 16.1 Å². The predicted octanol–water partition coefficient (Wildman–Crippen LogP) is 3.48. The van der Waals surface area contributed by atoms with Gasteiger partial charge in [0.05, 0.1) is 6.61 Å². The van der Waals surface area contributed by atoms with Crippen LogP contribution in [0, 0.1) is 5.92 Å². The third kappa shape index (κ3) is 9.71. The molecule has 3 aromatic rings. The summed E-state index contributed by atoms with van der Waals surface area (Å²) in [5.41, 5.74) is 4.51. The Labute approximate surface area is 227 Å². The number of ketones is 1. The molecule has 3 aromatic carbocycles. The molecular weight excluding hydrogens is 498 g/mol. The van der Waals surface area contributed by atoms with E-state index in [0.717, 1.165) is 16.7 Å². The molecule has 3 amide bonds. The number of carbonyl (C=O) groups is 4. The second-order valence-electron chi connectivity index (χ2n) is 9.25. The summed E-state index contributed by atoms with van der Waals surface area (Å²) in [5.74, 6) is -2.82. The third-order valence-corrected chi connectivity index (χ3v) is 5.82. The first-order chi connectivity index (χ1) is 18.8. The van der Waals surface area contributed by atoms with Crippen molar-refractivity contribution in [2.24, 2.45) is 5.92 Å². The third-order valence-electron chi connectivity index (χ3n) is 5.82. The van der Waals surface area contributed by atoms with Crippen LogP contribution in [0.2, 0.25) is 0 Å². The number of hydrogen-bond donors (Lipinski definition) is 3. The molecule has 3 rings (SSSR count). The average molecular weight is 532 g/mol. The van der Waals surface area contributed by atoms with Crippen LogP contribution in [-0.2, 0) is 43.6 Å². The SMILES string of the molecule is CC(C)C(NC(=O)OCc1ccccc1)C(=O)NC(Cc1ccccc1)C(=O)C(=O)NOCc1ccccc1. The van der Waals surface area contributed by atoms with E-state index >= 15 is 0 Å². The summed E-state index contributed by atoms with van der Waals surface area (Å²) in [4.78, 5) is 56.6. The van der Waals surface area contributed by atoms with Crippen molar-refractivity contribution in [1.82, 2.24) is 16.1 Å². The van der Waals surface area contributed by atoms with Crippen molar-refractivity contribution in [3.63, 3.8) is 0 Å². The number of amides is 3. The van der Waals surface area contributed by atoms with Crippen LogP contribution in [-0.4, -0.2) is 35.8 Å². The van der Waals surface area contributed by atoms with E-state index in [1.54, 1.807) is 38.1 Å². The number of benzene rings is 3. The smallest absolute Gasteiger partial charge is 0.408 e. The van der Waals surface area contributed by atoms with Gasteiger partial charge in [-0.15, -0.1) is 0 Å². The highest BCUT2D eigenvalue weighted by Crippen LogP contribution is 2.09. The van der Waals surface area contributed by atoms with E-state index in [1.165, 1.54) is 0 Å². The molecule has 39 heavy (non-hydrogen) atoms. The summed E-state index contributed by atoms with van der Waals surface area (Å²) in [7, 11) is 0. The molecule has 0 bridgehead atoms. The van der Waals surface area contributed by atoms with Gasteiger partial charge in [-0.2, -0.15) is 0 Å². The van der Waals surface area contributed by atoms with E-state index in [9.17, 15) is 19.2 Å². The van der Waals surface area contributed by atoms with Gasteiger partial charge in [-0.3, -0.25) is 19.2 Å². The lowest BCUT2D eigenvalue weighted by Gasteiger charge is -2.24. The Bertz CT molecular complexity index is 1220. The maximum atomic E-state index is 13.2. The van der Waals surface area contributed by atoms with Crippen LogP contribution in [0.4, 0.5) is 4.79 Å². The zero-order valence-electron chi connectivity index (χ0n) is 22.0. The van der Waals surface area contributed by atoms with Gasteiger partial charge in [0.15, 0.2) is 0 Å². The van der Waals surface area contributed by atoms with Crippen LogP contribution in [0.25, 0.3) is 0 Å². The van der Waals surface area contributed by atoms with Gasteiger partial charge in [0, 0.05) is 6.42 Å². The molecule has 9 nitrogen and oxygen atoms in total. The van der Waals surface area contributed by atoms with Gasteiger partial charge in [-0.25, -0.2) is 10.3 Å². The number of hydrogen-bond acceptors (Lipinski definition) is 6. The molecule has 0 radical (unpaired) electrons. The number of carbonyl (C=O) groups excluding carboxylic acids is 4. The summed E-state index contributed by atoms with van der Waals surface area (Å²) in [6.45, 7) is 3.61. The second kappa shape index (κ2) is 15.0. The van der Waals surface area contributed by atoms with Crippen LogP contribution in [0.3, 0.4) is 0 Å². The van der Waals surface area contributed by atoms with Crippen molar-refractivity contribution in [1.29, 1.82) is 0 Å². The lowest BCUT2D eigenvalue weighted by Crippen LogP contribution is -2.56. The molecule has 0 saturated heterocycles. The number of alkyl carbamates (subject to hydrolysis) is 1. The normalized spacial score (nSPS) is 12.2. The van der Waals surface area contributed by atoms with Crippen LogP contribution in [0.15, 0.2) is 91.0 Å². The molecule has 0 aromatic heterocycles. The van der Waals surface area contributed by atoms with E-state index in [1.807, 2.05) is 66.7 Å². The van der Waals surface area contributed by atoms with E-state index in [-0.39, 0.29) is 25.6 Å². The largest absolute Gasteiger partial charge is 0.445 e. The first kappa shape index (κ1) is 29.1. The monoisotopic (exact) mass is 531 g/mol. The van der Waals surface area contributed by atoms with Crippen molar-refractivity contribution >= 4 is 23.7 Å². The Hall–Kier alpha value is -4.50. The summed E-state index contributed by atoms with van der Waals surface area (Å²) in [5, 5.41) is 5.21. The standard InChI is InChI=1S/C30H33N3O6/c1-21(2)26(32-30(37)38-19-23-14-8-4-9-15-23)28(35)31-25(18-22-12-6-3-7-13-22)27(34)29(36)33-39-20-24-16-10-5-11-17-24/h3-17,21,25-26H,18-20H2,1-2H3,(H,31,35)(H,32,37)(H,33,36). The molecule has 2 unspecified atom stereocenters. The number of hydroxylamine groups is 1. The fraction of sp³-hybridized carbons (Fsp3) is 0.267. The van der Waals surface area contributed by atoms with Crippen molar-refractivity contribution in [3.8, 4) is 0 Å². The van der Waals surface area contributed by atoms with E-state index in [4.69, 9.17) is 9.57 Å². The van der Waals surface area contributed by atoms with Crippen molar-refractivity contribution in [2.75, 3.05) is 0 Å². The first-order valence-electron chi connectivity index (χ1n) is 12.6. The molecular formula is C30H33N3O6. The second-order valence-corrected chi connectivity index (χ2v) is 9.25. The summed E-state index contributed by atoms with van der Waals surface area (Å²) < 4.78 is 5.25. The van der Waals surface area contributed by atoms with Gasteiger partial charge in [-0.05, 0) is 22.6 Å². The van der Waals surface area contributed by atoms with Gasteiger partial charge in [0.2, 0.25) is 11.7 Å². The molecule has 3 N–H and O–H groups in total. The Morgan fingerprint density at radius 3 is 1.74 bits per heavy atom. The quantitative estimate of drug-likeness (QED) is 0.229. The molecule has 0 spiro atoms. The highest BCUT2D eigenvalue weighted by atomic mass is 16.7. The number of ether oxygens (including phenoxy) is 1. The van der Waals surface area contributed by atoms with Gasteiger partial charge < -0.3 is 15.4 Å². The maximum Gasteiger partial charge on any atom is 0.408 e. The molecule has 0 aliphatic carbocycles. The Kier molecular flexibility index (Phi) is 11.2. The summed E-state index contributed by atoms with van der Waals surface area (Å²) >= 11 is 0. The maximum absolute atomic E-state index is 13.2. The number of rotatable bonds is 13. The number of Topliss-reactive ketones (excluding diaryl/α,β-unsaturated/α-hetero) is 1. The summed E-state index contributed by atoms with van der Waals surface area (Å²) in [6, 6.07) is 25.1. The fourth-order valence-electron chi connectivity index (χ4n) is 3.72. The molecule has 0 aliphatic rings. The van der Waals surface area contributed by atoms with Gasteiger partial charge in [0.25, 0.3) is 0 Å². The Balaban J connectivity index is 1.64. The molecule has 0 saturated carbocycles. The summed E-state index contributed by atoms with van der Waals surface area (Å²) in [6.07, 6.45) is -0.702. The van der Waals surface area contributed by atoms with E-state index in [0.29, 0.717) is 0 Å². The molecule has 0 heterocycles. The van der Waals surface area contributed by atoms with Crippen molar-refractivity contribution < 1.29 is 28.8 Å². The van der Waals surface area contributed by atoms with Crippen molar-refractivity contribution in [2.45, 2.75) is 45.6 Å². The highest BCUT2D eigenvalue weighted by molar-refractivity contribution is 6.38. The molecule has 204 valence electrons. The first-order valence-corrected chi connectivity index (χ1v) is 12.6. The molecule has 0 fully saturated rings. The number of nitrogens with one attached hydrogen (secondary N) is 3. The van der Waals surface area contributed by atoms with Gasteiger partial charge in [-0.1, -0.05) is 105 Å². The van der Waals surface area contributed by atoms with E-state index in [2.05, 4.69) is 16.1 Å². The molecule has 2 atom stereocenters. The van der Waals surface area contributed by atoms with E-state index < -0.39 is 35.8 Å². The predicted molar refractivity (Wildman–Crippen MR) is 145 cm³/mol. The average Bonchev–Trinajstić information content (AvgIpc) is 2.95. The van der Waals surface area contributed by atoms with Gasteiger partial charge in [0.1, 0.15) is 18.7 Å². The van der Waals surface area contributed by atoms with Gasteiger partial charge >= 0.3 is 12.0 Å². The minimum Gasteiger partial charge on any atom is -0.445 e. The Morgan fingerprint density at radius 1 is 0.692 bits per heavy atom. The van der Waals surface area contributed by atoms with Crippen LogP contribution in [0.5, 0.6) is 0 Å². The zero-order chi connectivity index (χ0) is 28.0. The minimum atomic E-state index is -1.19. The topological polar surface area (TPSA) is 123 Å². The van der Waals surface area contributed by atoms with Crippen LogP contribution in [0.1, 0.15) is 30.5 Å². The highest BCUT2D eigenvalue weighted by Gasteiger charge is 2.32. The Morgan fingerprint density at radius 2 is 1.21 bits per heavy atom. The lowest BCUT2D eigenvalue weighted by molar-refractivity contribution is -0.148. The lowest BCUT2D eigenvalue weighted by atomic mass is 9.99. The molecule has 0 aliphatic heterocycles. The zero-order valence-corrected chi connectivity index (χ0v) is 22.0. The minimum absolute atomic E-state index is 0.0391. The van der Waals surface area contributed by atoms with Crippen molar-refractivity contribution in [3.05, 3.63) is 108 Å². The molecule has 9 heteroatoms. The van der Waals surface area contributed by atoms with Crippen LogP contribution >= 0.6 is 0 Å². The fourth-order valence-corrected chi connectivity index (χ4v) is 3.72.